The molecule has 3 aliphatic rings. The first kappa shape index (κ1) is 22.5. The Kier molecular flexibility index (Phi) is 6.77. The Bertz CT molecular complexity index is 983. The Labute approximate surface area is 197 Å². The van der Waals surface area contributed by atoms with E-state index in [-0.39, 0.29) is 11.7 Å². The van der Waals surface area contributed by atoms with Crippen LogP contribution in [0.1, 0.15) is 84.6 Å². The van der Waals surface area contributed by atoms with E-state index in [0.29, 0.717) is 17.9 Å². The molecule has 2 aliphatic heterocycles. The summed E-state index contributed by atoms with van der Waals surface area (Å²) in [5, 5.41) is 0. The highest BCUT2D eigenvalue weighted by Gasteiger charge is 2.37. The molecule has 5 rings (SSSR count). The highest BCUT2D eigenvalue weighted by atomic mass is 19.1. The number of halogens is 1. The summed E-state index contributed by atoms with van der Waals surface area (Å²) in [6, 6.07) is 11.3. The molecule has 0 spiro atoms. The second kappa shape index (κ2) is 9.92. The summed E-state index contributed by atoms with van der Waals surface area (Å²) in [6.45, 7) is 5.57. The van der Waals surface area contributed by atoms with E-state index < -0.39 is 0 Å². The molecule has 2 atom stereocenters. The average Bonchev–Trinajstić information content (AvgIpc) is 2.84. The van der Waals surface area contributed by atoms with Gasteiger partial charge in [0.05, 0.1) is 11.3 Å². The quantitative estimate of drug-likeness (QED) is 0.600. The van der Waals surface area contributed by atoms with Gasteiger partial charge in [0.15, 0.2) is 0 Å². The standard InChI is InChI=1S/C28H36FN3O/c1-20-11-12-25(28(33)32-15-5-8-22-7-2-3-10-26(22)32)27(30-20)23-13-16-31(17-14-23)19-21-6-4-9-24(29)18-21/h4,6,9,11-12,18,22-23,26H,2-3,5,7-8,10,13-17,19H2,1H3/t22-,26-/m1/s1. The molecule has 3 fully saturated rings. The zero-order valence-electron chi connectivity index (χ0n) is 19.8. The lowest BCUT2D eigenvalue weighted by atomic mass is 9.78. The molecular formula is C28H36FN3O. The number of carbonyl (C=O) groups is 1. The Morgan fingerprint density at radius 1 is 1.00 bits per heavy atom. The number of aromatic nitrogens is 1. The Morgan fingerprint density at radius 3 is 2.61 bits per heavy atom. The number of fused-ring (bicyclic) bond motifs is 1. The number of likely N-dealkylation sites (tertiary alicyclic amines) is 2. The first-order chi connectivity index (χ1) is 16.1. The van der Waals surface area contributed by atoms with Crippen LogP contribution in [0.2, 0.25) is 0 Å². The molecule has 1 saturated carbocycles. The van der Waals surface area contributed by atoms with Crippen LogP contribution in [0.5, 0.6) is 0 Å². The largest absolute Gasteiger partial charge is 0.335 e. The number of pyridine rings is 1. The number of piperidine rings is 2. The second-order valence-electron chi connectivity index (χ2n) is 10.3. The summed E-state index contributed by atoms with van der Waals surface area (Å²) < 4.78 is 13.6. The van der Waals surface area contributed by atoms with Crippen LogP contribution in [-0.2, 0) is 6.54 Å². The van der Waals surface area contributed by atoms with Gasteiger partial charge in [-0.3, -0.25) is 14.7 Å². The van der Waals surface area contributed by atoms with Crippen LogP contribution in [0.15, 0.2) is 36.4 Å². The van der Waals surface area contributed by atoms with Gasteiger partial charge in [-0.2, -0.15) is 0 Å². The lowest BCUT2D eigenvalue weighted by Gasteiger charge is -2.44. The Morgan fingerprint density at radius 2 is 1.79 bits per heavy atom. The molecule has 176 valence electrons. The van der Waals surface area contributed by atoms with Crippen molar-refractivity contribution in [2.45, 2.75) is 76.8 Å². The summed E-state index contributed by atoms with van der Waals surface area (Å²) in [5.74, 6) is 1.02. The van der Waals surface area contributed by atoms with Gasteiger partial charge >= 0.3 is 0 Å². The molecule has 0 unspecified atom stereocenters. The number of hydrogen-bond donors (Lipinski definition) is 0. The molecule has 33 heavy (non-hydrogen) atoms. The van der Waals surface area contributed by atoms with Gasteiger partial charge in [-0.15, -0.1) is 0 Å². The highest BCUT2D eigenvalue weighted by molar-refractivity contribution is 5.95. The SMILES string of the molecule is Cc1ccc(C(=O)N2CCC[C@H]3CCCC[C@H]32)c(C2CCN(Cc3cccc(F)c3)CC2)n1. The van der Waals surface area contributed by atoms with Crippen LogP contribution in [0.25, 0.3) is 0 Å². The number of aryl methyl sites for hydroxylation is 1. The molecule has 1 aromatic heterocycles. The van der Waals surface area contributed by atoms with E-state index in [9.17, 15) is 9.18 Å². The van der Waals surface area contributed by atoms with Crippen molar-refractivity contribution in [2.75, 3.05) is 19.6 Å². The van der Waals surface area contributed by atoms with Crippen molar-refractivity contribution in [3.05, 3.63) is 64.7 Å². The van der Waals surface area contributed by atoms with Crippen molar-refractivity contribution >= 4 is 5.91 Å². The molecule has 2 aromatic rings. The van der Waals surface area contributed by atoms with Crippen molar-refractivity contribution in [2.24, 2.45) is 5.92 Å². The van der Waals surface area contributed by atoms with Gasteiger partial charge in [-0.05, 0) is 94.3 Å². The van der Waals surface area contributed by atoms with Crippen LogP contribution in [-0.4, -0.2) is 46.4 Å². The van der Waals surface area contributed by atoms with Crippen LogP contribution in [0.3, 0.4) is 0 Å². The molecule has 2 saturated heterocycles. The van der Waals surface area contributed by atoms with Crippen molar-refractivity contribution in [1.29, 1.82) is 0 Å². The molecule has 0 N–H and O–H groups in total. The van der Waals surface area contributed by atoms with Gasteiger partial charge in [-0.25, -0.2) is 4.39 Å². The third kappa shape index (κ3) is 4.98. The highest BCUT2D eigenvalue weighted by Crippen LogP contribution is 2.37. The lowest BCUT2D eigenvalue weighted by molar-refractivity contribution is 0.0388. The molecular weight excluding hydrogens is 413 g/mol. The summed E-state index contributed by atoms with van der Waals surface area (Å²) >= 11 is 0. The fourth-order valence-corrected chi connectivity index (χ4v) is 6.36. The maximum absolute atomic E-state index is 13.8. The van der Waals surface area contributed by atoms with Gasteiger partial charge in [-0.1, -0.05) is 25.0 Å². The predicted octanol–water partition coefficient (Wildman–Crippen LogP) is 5.70. The maximum Gasteiger partial charge on any atom is 0.255 e. The monoisotopic (exact) mass is 449 g/mol. The van der Waals surface area contributed by atoms with E-state index in [2.05, 4.69) is 9.80 Å². The maximum atomic E-state index is 13.8. The minimum Gasteiger partial charge on any atom is -0.335 e. The number of rotatable bonds is 4. The molecule has 5 heteroatoms. The van der Waals surface area contributed by atoms with Crippen LogP contribution in [0.4, 0.5) is 4.39 Å². The van der Waals surface area contributed by atoms with Crippen LogP contribution < -0.4 is 0 Å². The summed E-state index contributed by atoms with van der Waals surface area (Å²) in [5.41, 5.74) is 3.84. The molecule has 3 heterocycles. The van der Waals surface area contributed by atoms with E-state index in [1.54, 1.807) is 12.1 Å². The Balaban J connectivity index is 1.30. The third-order valence-electron chi connectivity index (χ3n) is 8.07. The van der Waals surface area contributed by atoms with Gasteiger partial charge in [0, 0.05) is 30.7 Å². The zero-order valence-corrected chi connectivity index (χ0v) is 19.8. The fourth-order valence-electron chi connectivity index (χ4n) is 6.36. The minimum atomic E-state index is -0.174. The van der Waals surface area contributed by atoms with Crippen LogP contribution in [0, 0.1) is 18.7 Å². The molecule has 0 radical (unpaired) electrons. The molecule has 1 aliphatic carbocycles. The summed E-state index contributed by atoms with van der Waals surface area (Å²) in [4.78, 5) is 23.3. The van der Waals surface area contributed by atoms with E-state index in [0.717, 1.165) is 74.4 Å². The van der Waals surface area contributed by atoms with Crippen molar-refractivity contribution in [3.63, 3.8) is 0 Å². The van der Waals surface area contributed by atoms with Crippen LogP contribution >= 0.6 is 0 Å². The van der Waals surface area contributed by atoms with Gasteiger partial charge in [0.25, 0.3) is 5.91 Å². The smallest absolute Gasteiger partial charge is 0.255 e. The normalized spacial score (nSPS) is 24.5. The number of nitrogens with zero attached hydrogens (tertiary/aromatic N) is 3. The number of carbonyl (C=O) groups excluding carboxylic acids is 1. The van der Waals surface area contributed by atoms with Crippen molar-refractivity contribution in [1.82, 2.24) is 14.8 Å². The second-order valence-corrected chi connectivity index (χ2v) is 10.3. The summed E-state index contributed by atoms with van der Waals surface area (Å²) in [6.07, 6.45) is 9.36. The average molecular weight is 450 g/mol. The zero-order chi connectivity index (χ0) is 22.8. The minimum absolute atomic E-state index is 0.174. The third-order valence-corrected chi connectivity index (χ3v) is 8.07. The van der Waals surface area contributed by atoms with Gasteiger partial charge in [0.2, 0.25) is 0 Å². The number of amides is 1. The Hall–Kier alpha value is -2.27. The molecule has 0 bridgehead atoms. The first-order valence-electron chi connectivity index (χ1n) is 12.8. The number of hydrogen-bond acceptors (Lipinski definition) is 3. The van der Waals surface area contributed by atoms with Crippen molar-refractivity contribution in [3.8, 4) is 0 Å². The molecule has 4 nitrogen and oxygen atoms in total. The van der Waals surface area contributed by atoms with E-state index >= 15 is 0 Å². The van der Waals surface area contributed by atoms with Crippen molar-refractivity contribution < 1.29 is 9.18 Å². The predicted molar refractivity (Wildman–Crippen MR) is 129 cm³/mol. The van der Waals surface area contributed by atoms with E-state index in [4.69, 9.17) is 4.98 Å². The first-order valence-corrected chi connectivity index (χ1v) is 12.8. The topological polar surface area (TPSA) is 36.4 Å². The van der Waals surface area contributed by atoms with Gasteiger partial charge < -0.3 is 4.90 Å². The van der Waals surface area contributed by atoms with E-state index in [1.807, 2.05) is 25.1 Å². The van der Waals surface area contributed by atoms with E-state index in [1.165, 1.54) is 31.7 Å². The molecule has 1 amide bonds. The fraction of sp³-hybridized carbons (Fsp3) is 0.571. The van der Waals surface area contributed by atoms with Gasteiger partial charge in [0.1, 0.15) is 5.82 Å². The lowest BCUT2D eigenvalue weighted by Crippen LogP contribution is -2.50. The summed E-state index contributed by atoms with van der Waals surface area (Å²) in [7, 11) is 0. The molecule has 1 aromatic carbocycles. The number of benzene rings is 1.